The van der Waals surface area contributed by atoms with Gasteiger partial charge in [0, 0.05) is 19.1 Å². The lowest BCUT2D eigenvalue weighted by Gasteiger charge is -2.18. The summed E-state index contributed by atoms with van der Waals surface area (Å²) in [6.45, 7) is 4.34. The van der Waals surface area contributed by atoms with Gasteiger partial charge in [-0.2, -0.15) is 5.10 Å². The molecule has 1 aliphatic rings. The van der Waals surface area contributed by atoms with E-state index in [2.05, 4.69) is 28.0 Å². The number of hydrogen-bond donors (Lipinski definition) is 1. The van der Waals surface area contributed by atoms with E-state index in [-0.39, 0.29) is 5.92 Å². The van der Waals surface area contributed by atoms with Crippen LogP contribution in [0, 0.1) is 5.92 Å². The molecule has 0 saturated carbocycles. The van der Waals surface area contributed by atoms with Crippen molar-refractivity contribution >= 4 is 15.9 Å². The average Bonchev–Trinajstić information content (AvgIpc) is 2.88. The third kappa shape index (κ3) is 2.31. The van der Waals surface area contributed by atoms with E-state index in [9.17, 15) is 5.11 Å². The van der Waals surface area contributed by atoms with Crippen LogP contribution in [0.3, 0.4) is 0 Å². The molecule has 0 radical (unpaired) electrons. The van der Waals surface area contributed by atoms with Crippen LogP contribution in [-0.4, -0.2) is 28.1 Å². The molecule has 0 bridgehead atoms. The molecule has 2 atom stereocenters. The van der Waals surface area contributed by atoms with Crippen LogP contribution in [0.5, 0.6) is 0 Å². The highest BCUT2D eigenvalue weighted by Crippen LogP contribution is 2.32. The molecule has 1 saturated heterocycles. The van der Waals surface area contributed by atoms with E-state index >= 15 is 0 Å². The number of aliphatic hydroxyl groups excluding tert-OH is 1. The van der Waals surface area contributed by atoms with E-state index in [1.54, 1.807) is 6.20 Å². The maximum atomic E-state index is 10.3. The minimum absolute atomic E-state index is 0.198. The summed E-state index contributed by atoms with van der Waals surface area (Å²) in [5.41, 5.74) is 0.886. The van der Waals surface area contributed by atoms with Crippen LogP contribution in [-0.2, 0) is 11.3 Å². The number of ether oxygens (including phenoxy) is 1. The van der Waals surface area contributed by atoms with Gasteiger partial charge in [0.05, 0.1) is 23.0 Å². The quantitative estimate of drug-likeness (QED) is 0.923. The molecule has 0 aliphatic carbocycles. The van der Waals surface area contributed by atoms with E-state index in [1.165, 1.54) is 0 Å². The standard InChI is InChI=1S/C11H17BrN2O2/c1-2-4-14-10(9(12)6-13-14)11(15)8-3-5-16-7-8/h6,8,11,15H,2-5,7H2,1H3. The van der Waals surface area contributed by atoms with Gasteiger partial charge in [0.2, 0.25) is 0 Å². The summed E-state index contributed by atoms with van der Waals surface area (Å²) in [5.74, 6) is 0.198. The number of aryl methyl sites for hydroxylation is 1. The molecule has 0 spiro atoms. The molecule has 90 valence electrons. The predicted octanol–water partition coefficient (Wildman–Crippen LogP) is 2.13. The Morgan fingerprint density at radius 2 is 2.56 bits per heavy atom. The number of aromatic nitrogens is 2. The Morgan fingerprint density at radius 1 is 1.75 bits per heavy atom. The summed E-state index contributed by atoms with van der Waals surface area (Å²) >= 11 is 3.45. The third-order valence-corrected chi connectivity index (χ3v) is 3.57. The lowest BCUT2D eigenvalue weighted by atomic mass is 9.99. The molecule has 2 unspecified atom stereocenters. The van der Waals surface area contributed by atoms with Gasteiger partial charge < -0.3 is 9.84 Å². The van der Waals surface area contributed by atoms with Crippen LogP contribution in [0.25, 0.3) is 0 Å². The van der Waals surface area contributed by atoms with Gasteiger partial charge in [-0.25, -0.2) is 0 Å². The lowest BCUT2D eigenvalue weighted by molar-refractivity contribution is 0.0838. The van der Waals surface area contributed by atoms with Crippen molar-refractivity contribution < 1.29 is 9.84 Å². The molecule has 1 fully saturated rings. The predicted molar refractivity (Wildman–Crippen MR) is 64.1 cm³/mol. The number of nitrogens with zero attached hydrogens (tertiary/aromatic N) is 2. The molecule has 1 aliphatic heterocycles. The number of aliphatic hydroxyl groups is 1. The van der Waals surface area contributed by atoms with Crippen molar-refractivity contribution in [2.75, 3.05) is 13.2 Å². The van der Waals surface area contributed by atoms with Crippen molar-refractivity contribution in [2.45, 2.75) is 32.4 Å². The lowest BCUT2D eigenvalue weighted by Crippen LogP contribution is -2.17. The largest absolute Gasteiger partial charge is 0.386 e. The average molecular weight is 289 g/mol. The Balaban J connectivity index is 2.19. The first-order valence-electron chi connectivity index (χ1n) is 5.71. The summed E-state index contributed by atoms with van der Waals surface area (Å²) in [5, 5.41) is 14.6. The van der Waals surface area contributed by atoms with E-state index in [1.807, 2.05) is 4.68 Å². The van der Waals surface area contributed by atoms with E-state index < -0.39 is 6.10 Å². The molecule has 4 nitrogen and oxygen atoms in total. The fraction of sp³-hybridized carbons (Fsp3) is 0.727. The molecule has 1 N–H and O–H groups in total. The maximum absolute atomic E-state index is 10.3. The zero-order chi connectivity index (χ0) is 11.5. The van der Waals surface area contributed by atoms with Crippen molar-refractivity contribution in [1.82, 2.24) is 9.78 Å². The minimum atomic E-state index is -0.481. The van der Waals surface area contributed by atoms with Gasteiger partial charge in [-0.15, -0.1) is 0 Å². The fourth-order valence-corrected chi connectivity index (χ4v) is 2.61. The first-order valence-corrected chi connectivity index (χ1v) is 6.50. The van der Waals surface area contributed by atoms with Crippen molar-refractivity contribution in [3.63, 3.8) is 0 Å². The highest BCUT2D eigenvalue weighted by molar-refractivity contribution is 9.10. The molecule has 1 aromatic rings. The molecular formula is C11H17BrN2O2. The van der Waals surface area contributed by atoms with Crippen LogP contribution < -0.4 is 0 Å². The van der Waals surface area contributed by atoms with Crippen molar-refractivity contribution in [2.24, 2.45) is 5.92 Å². The summed E-state index contributed by atoms with van der Waals surface area (Å²) in [6.07, 6.45) is 3.20. The van der Waals surface area contributed by atoms with Gasteiger partial charge in [0.1, 0.15) is 6.10 Å². The fourth-order valence-electron chi connectivity index (χ4n) is 2.08. The zero-order valence-electron chi connectivity index (χ0n) is 9.40. The van der Waals surface area contributed by atoms with Gasteiger partial charge in [-0.05, 0) is 28.8 Å². The number of halogens is 1. The Labute approximate surface area is 104 Å². The Morgan fingerprint density at radius 3 is 3.19 bits per heavy atom. The van der Waals surface area contributed by atoms with E-state index in [0.717, 1.165) is 36.2 Å². The molecule has 2 rings (SSSR count). The Bertz CT molecular complexity index is 348. The molecule has 1 aromatic heterocycles. The summed E-state index contributed by atoms with van der Waals surface area (Å²) in [4.78, 5) is 0. The monoisotopic (exact) mass is 288 g/mol. The SMILES string of the molecule is CCCn1ncc(Br)c1C(O)C1CCOC1. The molecular weight excluding hydrogens is 272 g/mol. The summed E-state index contributed by atoms with van der Waals surface area (Å²) in [6, 6.07) is 0. The topological polar surface area (TPSA) is 47.3 Å². The maximum Gasteiger partial charge on any atom is 0.102 e. The zero-order valence-corrected chi connectivity index (χ0v) is 11.0. The molecule has 2 heterocycles. The minimum Gasteiger partial charge on any atom is -0.386 e. The number of rotatable bonds is 4. The van der Waals surface area contributed by atoms with Crippen LogP contribution in [0.2, 0.25) is 0 Å². The molecule has 16 heavy (non-hydrogen) atoms. The van der Waals surface area contributed by atoms with E-state index in [0.29, 0.717) is 6.61 Å². The first-order chi connectivity index (χ1) is 7.74. The van der Waals surface area contributed by atoms with Crippen LogP contribution in [0.4, 0.5) is 0 Å². The second kappa shape index (κ2) is 5.29. The molecule has 0 aromatic carbocycles. The van der Waals surface area contributed by atoms with Gasteiger partial charge in [-0.3, -0.25) is 4.68 Å². The smallest absolute Gasteiger partial charge is 0.102 e. The highest BCUT2D eigenvalue weighted by Gasteiger charge is 2.29. The Kier molecular flexibility index (Phi) is 4.00. The van der Waals surface area contributed by atoms with Crippen molar-refractivity contribution in [3.05, 3.63) is 16.4 Å². The van der Waals surface area contributed by atoms with Crippen LogP contribution in [0.15, 0.2) is 10.7 Å². The second-order valence-corrected chi connectivity index (χ2v) is 5.02. The molecule has 0 amide bonds. The van der Waals surface area contributed by atoms with E-state index in [4.69, 9.17) is 4.74 Å². The summed E-state index contributed by atoms with van der Waals surface area (Å²) in [7, 11) is 0. The van der Waals surface area contributed by atoms with Crippen LogP contribution in [0.1, 0.15) is 31.6 Å². The van der Waals surface area contributed by atoms with Gasteiger partial charge >= 0.3 is 0 Å². The van der Waals surface area contributed by atoms with Crippen molar-refractivity contribution in [3.8, 4) is 0 Å². The molecule has 5 heteroatoms. The Hall–Kier alpha value is -0.390. The second-order valence-electron chi connectivity index (χ2n) is 4.17. The third-order valence-electron chi connectivity index (χ3n) is 2.96. The highest BCUT2D eigenvalue weighted by atomic mass is 79.9. The van der Waals surface area contributed by atoms with Gasteiger partial charge in [0.15, 0.2) is 0 Å². The normalized spacial score (nSPS) is 22.6. The van der Waals surface area contributed by atoms with Crippen LogP contribution >= 0.6 is 15.9 Å². The summed E-state index contributed by atoms with van der Waals surface area (Å²) < 4.78 is 8.08. The van der Waals surface area contributed by atoms with Gasteiger partial charge in [-0.1, -0.05) is 6.92 Å². The first kappa shape index (κ1) is 12.1. The van der Waals surface area contributed by atoms with Crippen molar-refractivity contribution in [1.29, 1.82) is 0 Å². The number of hydrogen-bond acceptors (Lipinski definition) is 3. The van der Waals surface area contributed by atoms with Gasteiger partial charge in [0.25, 0.3) is 0 Å².